The normalized spacial score (nSPS) is 10.1. The van der Waals surface area contributed by atoms with Crippen LogP contribution in [-0.2, 0) is 0 Å². The van der Waals surface area contributed by atoms with Gasteiger partial charge >= 0.3 is 0 Å². The van der Waals surface area contributed by atoms with Crippen LogP contribution < -0.4 is 15.8 Å². The molecule has 0 bridgehead atoms. The zero-order valence-corrected chi connectivity index (χ0v) is 12.2. The highest BCUT2D eigenvalue weighted by molar-refractivity contribution is 7.99. The molecule has 0 aliphatic rings. The average Bonchev–Trinajstić information content (AvgIpc) is 2.49. The molecule has 0 radical (unpaired) electrons. The molecular formula is C15H16N2O2S. The molecule has 0 aromatic heterocycles. The molecule has 2 aromatic carbocycles. The molecular weight excluding hydrogens is 272 g/mol. The Bertz CT molecular complexity index is 612. The Labute approximate surface area is 122 Å². The fourth-order valence-electron chi connectivity index (χ4n) is 1.70. The maximum atomic E-state index is 11.5. The summed E-state index contributed by atoms with van der Waals surface area (Å²) in [6.07, 6.45) is 0. The molecule has 2 rings (SSSR count). The number of nitrogens with one attached hydrogen (secondary N) is 1. The van der Waals surface area contributed by atoms with Gasteiger partial charge in [-0.3, -0.25) is 4.79 Å². The van der Waals surface area contributed by atoms with Crippen molar-refractivity contribution in [2.24, 2.45) is 0 Å². The standard InChI is InChI=1S/C15H16N2O2S/c1-17-15(18)10-3-8-14(13(16)9-10)20-12-6-4-11(19-2)5-7-12/h3-9H,16H2,1-2H3,(H,17,18). The number of nitrogens with two attached hydrogens (primary N) is 1. The first-order valence-corrected chi connectivity index (χ1v) is 6.89. The second-order valence-corrected chi connectivity index (χ2v) is 5.22. The van der Waals surface area contributed by atoms with Crippen LogP contribution in [0.3, 0.4) is 0 Å². The van der Waals surface area contributed by atoms with E-state index in [2.05, 4.69) is 5.32 Å². The van der Waals surface area contributed by atoms with E-state index in [0.717, 1.165) is 15.5 Å². The molecule has 1 amide bonds. The summed E-state index contributed by atoms with van der Waals surface area (Å²) >= 11 is 1.55. The van der Waals surface area contributed by atoms with Gasteiger partial charge in [-0.15, -0.1) is 0 Å². The smallest absolute Gasteiger partial charge is 0.251 e. The summed E-state index contributed by atoms with van der Waals surface area (Å²) in [5.74, 6) is 0.676. The Morgan fingerprint density at radius 2 is 1.90 bits per heavy atom. The number of nitrogen functional groups attached to an aromatic ring is 1. The van der Waals surface area contributed by atoms with Crippen molar-refractivity contribution in [3.8, 4) is 5.75 Å². The summed E-state index contributed by atoms with van der Waals surface area (Å²) in [5.41, 5.74) is 7.14. The van der Waals surface area contributed by atoms with Crippen LogP contribution in [0.5, 0.6) is 5.75 Å². The van der Waals surface area contributed by atoms with E-state index in [1.165, 1.54) is 0 Å². The minimum absolute atomic E-state index is 0.141. The number of carbonyl (C=O) groups excluding carboxylic acids is 1. The SMILES string of the molecule is CNC(=O)c1ccc(Sc2ccc(OC)cc2)c(N)c1. The van der Waals surface area contributed by atoms with Crippen molar-refractivity contribution in [1.29, 1.82) is 0 Å². The molecule has 0 spiro atoms. The van der Waals surface area contributed by atoms with E-state index in [0.29, 0.717) is 11.3 Å². The van der Waals surface area contributed by atoms with Gasteiger partial charge in [-0.05, 0) is 42.5 Å². The highest BCUT2D eigenvalue weighted by Gasteiger charge is 2.07. The van der Waals surface area contributed by atoms with Crippen LogP contribution >= 0.6 is 11.8 Å². The fourth-order valence-corrected chi connectivity index (χ4v) is 2.54. The van der Waals surface area contributed by atoms with Gasteiger partial charge in [0.05, 0.1) is 7.11 Å². The fraction of sp³-hybridized carbons (Fsp3) is 0.133. The molecule has 0 aliphatic carbocycles. The third-order valence-electron chi connectivity index (χ3n) is 2.79. The topological polar surface area (TPSA) is 64.3 Å². The number of carbonyl (C=O) groups is 1. The zero-order chi connectivity index (χ0) is 14.5. The van der Waals surface area contributed by atoms with Gasteiger partial charge in [-0.2, -0.15) is 0 Å². The van der Waals surface area contributed by atoms with E-state index >= 15 is 0 Å². The Hall–Kier alpha value is -2.14. The monoisotopic (exact) mass is 288 g/mol. The van der Waals surface area contributed by atoms with Crippen LogP contribution in [0.15, 0.2) is 52.3 Å². The summed E-state index contributed by atoms with van der Waals surface area (Å²) in [5, 5.41) is 2.58. The molecule has 0 fully saturated rings. The van der Waals surface area contributed by atoms with E-state index in [9.17, 15) is 4.79 Å². The average molecular weight is 288 g/mol. The third-order valence-corrected chi connectivity index (χ3v) is 3.89. The quantitative estimate of drug-likeness (QED) is 0.849. The highest BCUT2D eigenvalue weighted by atomic mass is 32.2. The summed E-state index contributed by atoms with van der Waals surface area (Å²) in [7, 11) is 3.23. The van der Waals surface area contributed by atoms with Gasteiger partial charge in [0.25, 0.3) is 5.91 Å². The number of methoxy groups -OCH3 is 1. The highest BCUT2D eigenvalue weighted by Crippen LogP contribution is 2.33. The summed E-state index contributed by atoms with van der Waals surface area (Å²) in [6, 6.07) is 13.0. The first kappa shape index (κ1) is 14.3. The van der Waals surface area contributed by atoms with Crippen molar-refractivity contribution in [3.63, 3.8) is 0 Å². The Morgan fingerprint density at radius 3 is 2.45 bits per heavy atom. The Kier molecular flexibility index (Phi) is 4.53. The van der Waals surface area contributed by atoms with E-state index in [1.807, 2.05) is 30.3 Å². The molecule has 0 saturated carbocycles. The van der Waals surface area contributed by atoms with Crippen LogP contribution in [0, 0.1) is 0 Å². The lowest BCUT2D eigenvalue weighted by Crippen LogP contribution is -2.17. The predicted octanol–water partition coefficient (Wildman–Crippen LogP) is 2.79. The van der Waals surface area contributed by atoms with E-state index in [-0.39, 0.29) is 5.91 Å². The van der Waals surface area contributed by atoms with Crippen LogP contribution in [0.1, 0.15) is 10.4 Å². The maximum Gasteiger partial charge on any atom is 0.251 e. The minimum Gasteiger partial charge on any atom is -0.497 e. The summed E-state index contributed by atoms with van der Waals surface area (Å²) in [6.45, 7) is 0. The maximum absolute atomic E-state index is 11.5. The number of benzene rings is 2. The second kappa shape index (κ2) is 6.34. The lowest BCUT2D eigenvalue weighted by molar-refractivity contribution is 0.0963. The number of ether oxygens (including phenoxy) is 1. The third kappa shape index (κ3) is 3.24. The van der Waals surface area contributed by atoms with E-state index in [4.69, 9.17) is 10.5 Å². The zero-order valence-electron chi connectivity index (χ0n) is 11.3. The molecule has 0 atom stereocenters. The summed E-state index contributed by atoms with van der Waals surface area (Å²) in [4.78, 5) is 13.5. The van der Waals surface area contributed by atoms with Crippen molar-refractivity contribution in [3.05, 3.63) is 48.0 Å². The molecule has 0 heterocycles. The molecule has 0 saturated heterocycles. The number of hydrogen-bond donors (Lipinski definition) is 2. The van der Waals surface area contributed by atoms with Crippen LogP contribution in [0.25, 0.3) is 0 Å². The number of amides is 1. The van der Waals surface area contributed by atoms with E-state index in [1.54, 1.807) is 38.1 Å². The number of anilines is 1. The summed E-state index contributed by atoms with van der Waals surface area (Å²) < 4.78 is 5.12. The van der Waals surface area contributed by atoms with Gasteiger partial charge < -0.3 is 15.8 Å². The van der Waals surface area contributed by atoms with E-state index < -0.39 is 0 Å². The van der Waals surface area contributed by atoms with Crippen molar-refractivity contribution >= 4 is 23.4 Å². The molecule has 5 heteroatoms. The second-order valence-electron chi connectivity index (χ2n) is 4.11. The molecule has 2 aromatic rings. The molecule has 4 nitrogen and oxygen atoms in total. The van der Waals surface area contributed by atoms with Gasteiger partial charge in [-0.25, -0.2) is 0 Å². The molecule has 104 valence electrons. The first-order valence-electron chi connectivity index (χ1n) is 6.07. The predicted molar refractivity (Wildman–Crippen MR) is 81.4 cm³/mol. The van der Waals surface area contributed by atoms with Crippen LogP contribution in [-0.4, -0.2) is 20.1 Å². The Morgan fingerprint density at radius 1 is 1.20 bits per heavy atom. The first-order chi connectivity index (χ1) is 9.63. The van der Waals surface area contributed by atoms with Gasteiger partial charge in [0.1, 0.15) is 5.75 Å². The lowest BCUT2D eigenvalue weighted by Gasteiger charge is -2.08. The van der Waals surface area contributed by atoms with Crippen molar-refractivity contribution < 1.29 is 9.53 Å². The van der Waals surface area contributed by atoms with Crippen molar-refractivity contribution in [2.75, 3.05) is 19.9 Å². The van der Waals surface area contributed by atoms with Gasteiger partial charge in [0.15, 0.2) is 0 Å². The minimum atomic E-state index is -0.141. The van der Waals surface area contributed by atoms with Crippen LogP contribution in [0.2, 0.25) is 0 Å². The lowest BCUT2D eigenvalue weighted by atomic mass is 10.2. The number of hydrogen-bond acceptors (Lipinski definition) is 4. The number of rotatable bonds is 4. The Balaban J connectivity index is 2.18. The van der Waals surface area contributed by atoms with Crippen LogP contribution in [0.4, 0.5) is 5.69 Å². The van der Waals surface area contributed by atoms with Gasteiger partial charge in [0, 0.05) is 28.1 Å². The molecule has 3 N–H and O–H groups in total. The molecule has 20 heavy (non-hydrogen) atoms. The molecule has 0 unspecified atom stereocenters. The largest absolute Gasteiger partial charge is 0.497 e. The van der Waals surface area contributed by atoms with Gasteiger partial charge in [0.2, 0.25) is 0 Å². The van der Waals surface area contributed by atoms with Crippen molar-refractivity contribution in [1.82, 2.24) is 5.32 Å². The van der Waals surface area contributed by atoms with Gasteiger partial charge in [-0.1, -0.05) is 11.8 Å². The molecule has 0 aliphatic heterocycles. The van der Waals surface area contributed by atoms with Crippen molar-refractivity contribution in [2.45, 2.75) is 9.79 Å².